The molecule has 1 aliphatic rings. The van der Waals surface area contributed by atoms with Crippen LogP contribution < -0.4 is 0 Å². The summed E-state index contributed by atoms with van der Waals surface area (Å²) < 4.78 is 0. The molecule has 1 heteroatoms. The molecule has 0 amide bonds. The first-order chi connectivity index (χ1) is 6.29. The fraction of sp³-hybridized carbons (Fsp3) is 0.833. The number of aliphatic hydroxyl groups is 1. The molecule has 1 atom stereocenters. The lowest BCUT2D eigenvalue weighted by Gasteiger charge is -2.26. The van der Waals surface area contributed by atoms with Gasteiger partial charge in [-0.25, -0.2) is 0 Å². The highest BCUT2D eigenvalue weighted by Crippen LogP contribution is 2.35. The number of hydrogen-bond acceptors (Lipinski definition) is 1. The third kappa shape index (κ3) is 2.84. The lowest BCUT2D eigenvalue weighted by atomic mass is 9.81. The summed E-state index contributed by atoms with van der Waals surface area (Å²) in [6, 6.07) is 0. The molecule has 0 aliphatic heterocycles. The summed E-state index contributed by atoms with van der Waals surface area (Å²) in [6.45, 7) is 4.91. The highest BCUT2D eigenvalue weighted by atomic mass is 16.2. The van der Waals surface area contributed by atoms with Crippen molar-refractivity contribution in [1.29, 1.82) is 0 Å². The van der Waals surface area contributed by atoms with Crippen LogP contribution in [-0.4, -0.2) is 11.7 Å². The summed E-state index contributed by atoms with van der Waals surface area (Å²) in [7, 11) is 0. The van der Waals surface area contributed by atoms with Gasteiger partial charge >= 0.3 is 0 Å². The lowest BCUT2D eigenvalue weighted by Crippen LogP contribution is -2.09. The van der Waals surface area contributed by atoms with E-state index >= 15 is 0 Å². The molecule has 76 valence electrons. The number of hydrogen-bond donors (Lipinski definition) is 1. The van der Waals surface area contributed by atoms with Crippen molar-refractivity contribution >= 4 is 0 Å². The summed E-state index contributed by atoms with van der Waals surface area (Å²) in [5.41, 5.74) is 3.35. The van der Waals surface area contributed by atoms with Crippen LogP contribution in [0.15, 0.2) is 11.1 Å². The topological polar surface area (TPSA) is 20.2 Å². The zero-order chi connectivity index (χ0) is 9.68. The van der Waals surface area contributed by atoms with Crippen molar-refractivity contribution in [3.8, 4) is 0 Å². The Morgan fingerprint density at radius 2 is 2.15 bits per heavy atom. The second-order valence-electron chi connectivity index (χ2n) is 4.12. The summed E-state index contributed by atoms with van der Waals surface area (Å²) in [5.74, 6) is 0.738. The molecule has 0 aromatic heterocycles. The van der Waals surface area contributed by atoms with Crippen molar-refractivity contribution in [2.75, 3.05) is 6.61 Å². The first-order valence-corrected chi connectivity index (χ1v) is 5.61. The van der Waals surface area contributed by atoms with E-state index in [1.165, 1.54) is 25.7 Å². The van der Waals surface area contributed by atoms with Gasteiger partial charge < -0.3 is 5.11 Å². The molecule has 1 N–H and O–H groups in total. The SMILES string of the molecule is CCC(C)C(CCCO)=C1CCC1. The van der Waals surface area contributed by atoms with E-state index in [1.54, 1.807) is 11.1 Å². The molecule has 0 aromatic rings. The highest BCUT2D eigenvalue weighted by molar-refractivity contribution is 5.21. The first-order valence-electron chi connectivity index (χ1n) is 5.61. The van der Waals surface area contributed by atoms with Gasteiger partial charge in [-0.05, 0) is 44.4 Å². The van der Waals surface area contributed by atoms with E-state index in [-0.39, 0.29) is 0 Å². The van der Waals surface area contributed by atoms with Gasteiger partial charge in [0.05, 0.1) is 0 Å². The van der Waals surface area contributed by atoms with Crippen LogP contribution in [-0.2, 0) is 0 Å². The molecule has 0 aromatic carbocycles. The van der Waals surface area contributed by atoms with Gasteiger partial charge in [-0.1, -0.05) is 25.0 Å². The van der Waals surface area contributed by atoms with E-state index in [1.807, 2.05) is 0 Å². The fourth-order valence-corrected chi connectivity index (χ4v) is 1.96. The Balaban J connectivity index is 2.53. The summed E-state index contributed by atoms with van der Waals surface area (Å²) in [6.07, 6.45) is 7.35. The maximum atomic E-state index is 8.82. The fourth-order valence-electron chi connectivity index (χ4n) is 1.96. The van der Waals surface area contributed by atoms with Crippen LogP contribution in [0.2, 0.25) is 0 Å². The molecular formula is C12H22O. The van der Waals surface area contributed by atoms with Gasteiger partial charge in [0.2, 0.25) is 0 Å². The van der Waals surface area contributed by atoms with Crippen molar-refractivity contribution in [1.82, 2.24) is 0 Å². The minimum atomic E-state index is 0.340. The Hall–Kier alpha value is -0.300. The highest BCUT2D eigenvalue weighted by Gasteiger charge is 2.17. The zero-order valence-corrected chi connectivity index (χ0v) is 8.97. The van der Waals surface area contributed by atoms with Crippen LogP contribution in [0.5, 0.6) is 0 Å². The molecular weight excluding hydrogens is 160 g/mol. The molecule has 0 heterocycles. The number of allylic oxidation sites excluding steroid dienone is 2. The average molecular weight is 182 g/mol. The largest absolute Gasteiger partial charge is 0.396 e. The van der Waals surface area contributed by atoms with Gasteiger partial charge in [0, 0.05) is 6.61 Å². The van der Waals surface area contributed by atoms with Gasteiger partial charge in [0.1, 0.15) is 0 Å². The Morgan fingerprint density at radius 1 is 1.46 bits per heavy atom. The van der Waals surface area contributed by atoms with E-state index in [0.29, 0.717) is 6.61 Å². The monoisotopic (exact) mass is 182 g/mol. The van der Waals surface area contributed by atoms with Crippen LogP contribution in [0.1, 0.15) is 52.4 Å². The molecule has 0 radical (unpaired) electrons. The van der Waals surface area contributed by atoms with E-state index in [4.69, 9.17) is 5.11 Å². The van der Waals surface area contributed by atoms with Crippen LogP contribution >= 0.6 is 0 Å². The minimum absolute atomic E-state index is 0.340. The summed E-state index contributed by atoms with van der Waals surface area (Å²) >= 11 is 0. The smallest absolute Gasteiger partial charge is 0.0434 e. The third-order valence-electron chi connectivity index (χ3n) is 3.22. The van der Waals surface area contributed by atoms with E-state index in [0.717, 1.165) is 18.8 Å². The Labute approximate surface area is 81.9 Å². The molecule has 1 rings (SSSR count). The summed E-state index contributed by atoms with van der Waals surface area (Å²) in [4.78, 5) is 0. The second-order valence-corrected chi connectivity index (χ2v) is 4.12. The minimum Gasteiger partial charge on any atom is -0.396 e. The van der Waals surface area contributed by atoms with Gasteiger partial charge in [-0.2, -0.15) is 0 Å². The Kier molecular flexibility index (Phi) is 4.51. The molecule has 0 spiro atoms. The van der Waals surface area contributed by atoms with Gasteiger partial charge in [-0.15, -0.1) is 0 Å². The van der Waals surface area contributed by atoms with Crippen LogP contribution in [0.4, 0.5) is 0 Å². The molecule has 0 bridgehead atoms. The molecule has 1 saturated carbocycles. The van der Waals surface area contributed by atoms with E-state index in [2.05, 4.69) is 13.8 Å². The quantitative estimate of drug-likeness (QED) is 0.647. The zero-order valence-electron chi connectivity index (χ0n) is 8.97. The van der Waals surface area contributed by atoms with Crippen molar-refractivity contribution < 1.29 is 5.11 Å². The van der Waals surface area contributed by atoms with Crippen LogP contribution in [0.3, 0.4) is 0 Å². The molecule has 13 heavy (non-hydrogen) atoms. The van der Waals surface area contributed by atoms with Gasteiger partial charge in [0.15, 0.2) is 0 Å². The molecule has 1 unspecified atom stereocenters. The average Bonchev–Trinajstić information content (AvgIpc) is 2.07. The molecule has 1 nitrogen and oxygen atoms in total. The van der Waals surface area contributed by atoms with Crippen molar-refractivity contribution in [2.24, 2.45) is 5.92 Å². The maximum absolute atomic E-state index is 8.82. The van der Waals surface area contributed by atoms with Crippen molar-refractivity contribution in [2.45, 2.75) is 52.4 Å². The normalized spacial score (nSPS) is 18.2. The molecule has 0 saturated heterocycles. The lowest BCUT2D eigenvalue weighted by molar-refractivity contribution is 0.286. The maximum Gasteiger partial charge on any atom is 0.0434 e. The third-order valence-corrected chi connectivity index (χ3v) is 3.22. The summed E-state index contributed by atoms with van der Waals surface area (Å²) in [5, 5.41) is 8.82. The second kappa shape index (κ2) is 5.43. The standard InChI is InChI=1S/C12H22O/c1-3-10(2)12(8-5-9-13)11-6-4-7-11/h10,13H,3-9H2,1-2H3. The van der Waals surface area contributed by atoms with Crippen molar-refractivity contribution in [3.05, 3.63) is 11.1 Å². The van der Waals surface area contributed by atoms with Crippen LogP contribution in [0.25, 0.3) is 0 Å². The Morgan fingerprint density at radius 3 is 2.54 bits per heavy atom. The molecule has 1 aliphatic carbocycles. The van der Waals surface area contributed by atoms with E-state index in [9.17, 15) is 0 Å². The van der Waals surface area contributed by atoms with Gasteiger partial charge in [-0.3, -0.25) is 0 Å². The predicted octanol–water partition coefficient (Wildman–Crippen LogP) is 3.29. The van der Waals surface area contributed by atoms with Crippen LogP contribution in [0, 0.1) is 5.92 Å². The van der Waals surface area contributed by atoms with E-state index < -0.39 is 0 Å². The van der Waals surface area contributed by atoms with Crippen molar-refractivity contribution in [3.63, 3.8) is 0 Å². The Bertz CT molecular complexity index is 176. The van der Waals surface area contributed by atoms with Gasteiger partial charge in [0.25, 0.3) is 0 Å². The number of rotatable bonds is 5. The predicted molar refractivity (Wildman–Crippen MR) is 56.7 cm³/mol. The molecule has 1 fully saturated rings. The number of aliphatic hydroxyl groups excluding tert-OH is 1. The first kappa shape index (κ1) is 10.8.